The van der Waals surface area contributed by atoms with Gasteiger partial charge in [0.05, 0.1) is 46.0 Å². The number of pyridine rings is 1. The number of aromatic nitrogens is 5. The van der Waals surface area contributed by atoms with Crippen LogP contribution in [0.2, 0.25) is 5.15 Å². The number of halogens is 1. The number of sulfonamides is 1. The summed E-state index contributed by atoms with van der Waals surface area (Å²) in [7, 11) is -2.09. The average Bonchev–Trinajstić information content (AvgIpc) is 2.95. The summed E-state index contributed by atoms with van der Waals surface area (Å²) < 4.78 is 27.0. The quantitative estimate of drug-likeness (QED) is 0.285. The van der Waals surface area contributed by atoms with Gasteiger partial charge in [-0.1, -0.05) is 17.7 Å². The minimum atomic E-state index is -3.83. The predicted octanol–water partition coefficient (Wildman–Crippen LogP) is 3.94. The fourth-order valence-electron chi connectivity index (χ4n) is 5.77. The summed E-state index contributed by atoms with van der Waals surface area (Å²) in [6.07, 6.45) is 4.40. The van der Waals surface area contributed by atoms with Crippen molar-refractivity contribution in [3.05, 3.63) is 79.9 Å². The van der Waals surface area contributed by atoms with Crippen LogP contribution >= 0.6 is 11.6 Å². The molecule has 0 unspecified atom stereocenters. The number of anilines is 2. The van der Waals surface area contributed by atoms with Crippen molar-refractivity contribution in [1.82, 2.24) is 29.2 Å². The largest absolute Gasteiger partial charge is 0.377 e. The summed E-state index contributed by atoms with van der Waals surface area (Å²) in [6, 6.07) is 6.38. The molecule has 44 heavy (non-hydrogen) atoms. The molecule has 14 heteroatoms. The monoisotopic (exact) mass is 638 g/mol. The van der Waals surface area contributed by atoms with Crippen molar-refractivity contribution < 1.29 is 13.2 Å². The van der Waals surface area contributed by atoms with Crippen LogP contribution in [0, 0.1) is 20.8 Å². The summed E-state index contributed by atoms with van der Waals surface area (Å²) in [5.41, 5.74) is 4.96. The number of amides is 1. The Morgan fingerprint density at radius 1 is 1.09 bits per heavy atom. The van der Waals surface area contributed by atoms with Crippen LogP contribution in [0.1, 0.15) is 70.4 Å². The summed E-state index contributed by atoms with van der Waals surface area (Å²) in [6.45, 7) is 9.11. The summed E-state index contributed by atoms with van der Waals surface area (Å²) >= 11 is 6.04. The van der Waals surface area contributed by atoms with Gasteiger partial charge in [-0.3, -0.25) is 24.1 Å². The van der Waals surface area contributed by atoms with E-state index in [1.165, 1.54) is 6.07 Å². The van der Waals surface area contributed by atoms with Crippen molar-refractivity contribution in [2.75, 3.05) is 29.6 Å². The van der Waals surface area contributed by atoms with Crippen LogP contribution in [-0.4, -0.2) is 58.2 Å². The van der Waals surface area contributed by atoms with Crippen molar-refractivity contribution in [3.8, 4) is 0 Å². The minimum Gasteiger partial charge on any atom is -0.377 e. The lowest BCUT2D eigenvalue weighted by molar-refractivity contribution is 0.0977. The van der Waals surface area contributed by atoms with Gasteiger partial charge in [0.25, 0.3) is 11.5 Å². The number of piperidine rings is 1. The lowest BCUT2D eigenvalue weighted by atomic mass is 9.92. The lowest BCUT2D eigenvalue weighted by Gasteiger charge is -2.33. The Balaban J connectivity index is 1.48. The maximum absolute atomic E-state index is 13.7. The van der Waals surface area contributed by atoms with Crippen LogP contribution in [-0.2, 0) is 17.1 Å². The van der Waals surface area contributed by atoms with Gasteiger partial charge in [-0.05, 0) is 64.3 Å². The Labute approximate surface area is 261 Å². The zero-order valence-corrected chi connectivity index (χ0v) is 27.0. The van der Waals surface area contributed by atoms with Crippen LogP contribution in [0.25, 0.3) is 10.9 Å². The summed E-state index contributed by atoms with van der Waals surface area (Å²) in [5, 5.41) is 3.76. The van der Waals surface area contributed by atoms with Crippen molar-refractivity contribution in [2.45, 2.75) is 52.5 Å². The second-order valence-electron chi connectivity index (χ2n) is 11.4. The second-order valence-corrected chi connectivity index (χ2v) is 13.5. The number of benzene rings is 1. The van der Waals surface area contributed by atoms with Gasteiger partial charge in [-0.25, -0.2) is 23.1 Å². The molecule has 1 amide bonds. The van der Waals surface area contributed by atoms with Gasteiger partial charge < -0.3 is 10.2 Å². The van der Waals surface area contributed by atoms with E-state index in [1.807, 2.05) is 50.7 Å². The molecule has 0 aliphatic carbocycles. The Morgan fingerprint density at radius 3 is 2.45 bits per heavy atom. The van der Waals surface area contributed by atoms with E-state index in [9.17, 15) is 18.0 Å². The number of nitrogens with zero attached hydrogens (tertiary/aromatic N) is 6. The molecular formula is C30H35ClN8O4S. The molecule has 12 nitrogen and oxygen atoms in total. The molecule has 1 atom stereocenters. The van der Waals surface area contributed by atoms with Gasteiger partial charge >= 0.3 is 0 Å². The third-order valence-electron chi connectivity index (χ3n) is 7.79. The van der Waals surface area contributed by atoms with E-state index in [1.54, 1.807) is 17.7 Å². The van der Waals surface area contributed by atoms with Crippen molar-refractivity contribution in [2.24, 2.45) is 7.05 Å². The lowest BCUT2D eigenvalue weighted by Crippen LogP contribution is -2.38. The van der Waals surface area contributed by atoms with Gasteiger partial charge in [0.1, 0.15) is 5.15 Å². The molecular weight excluding hydrogens is 604 g/mol. The molecule has 4 aromatic rings. The van der Waals surface area contributed by atoms with Gasteiger partial charge in [-0.2, -0.15) is 0 Å². The van der Waals surface area contributed by atoms with Crippen LogP contribution in [0.4, 0.5) is 11.6 Å². The third-order valence-corrected chi connectivity index (χ3v) is 8.56. The van der Waals surface area contributed by atoms with Crippen molar-refractivity contribution in [1.29, 1.82) is 0 Å². The number of rotatable bonds is 7. The molecule has 4 heterocycles. The molecule has 5 rings (SSSR count). The Morgan fingerprint density at radius 2 is 1.80 bits per heavy atom. The third kappa shape index (κ3) is 6.53. The average molecular weight is 639 g/mol. The minimum absolute atomic E-state index is 0.0334. The molecule has 3 aromatic heterocycles. The van der Waals surface area contributed by atoms with E-state index in [0.717, 1.165) is 47.3 Å². The van der Waals surface area contributed by atoms with E-state index in [2.05, 4.69) is 25.2 Å². The fourth-order valence-corrected chi connectivity index (χ4v) is 6.35. The van der Waals surface area contributed by atoms with Crippen LogP contribution in [0.15, 0.2) is 35.3 Å². The number of fused-ring (bicyclic) bond motifs is 1. The molecule has 2 N–H and O–H groups in total. The number of hydrogen-bond acceptors (Lipinski definition) is 10. The predicted molar refractivity (Wildman–Crippen MR) is 171 cm³/mol. The first-order valence-electron chi connectivity index (χ1n) is 14.2. The number of hydrogen-bond donors (Lipinski definition) is 2. The standard InChI is InChI=1S/C30H35ClN8O4S/c1-16-13-21(18(3)34-23-7-8-24(31)35-27(23)28(40)37-44(6,42)43)26-22(14-16)29(41)38(5)30(36-26)39-11-9-20(10-12-39)25-19(4)33-17(2)15-32-25/h7-8,13-15,18,20,34H,9-12H2,1-6H3,(H,37,40)/t18-/m1/s1. The number of carbonyl (C=O) groups is 1. The van der Waals surface area contributed by atoms with E-state index >= 15 is 0 Å². The molecule has 1 aliphatic rings. The normalized spacial score (nSPS) is 14.9. The highest BCUT2D eigenvalue weighted by Gasteiger charge is 2.27. The molecule has 1 saturated heterocycles. The first kappa shape index (κ1) is 31.3. The molecule has 0 radical (unpaired) electrons. The van der Waals surface area contributed by atoms with Crippen LogP contribution in [0.3, 0.4) is 0 Å². The van der Waals surface area contributed by atoms with Gasteiger partial charge in [0, 0.05) is 37.8 Å². The van der Waals surface area contributed by atoms with Gasteiger partial charge in [0.15, 0.2) is 5.69 Å². The molecule has 0 bridgehead atoms. The number of nitrogens with one attached hydrogen (secondary N) is 2. The van der Waals surface area contributed by atoms with E-state index in [0.29, 0.717) is 29.9 Å². The summed E-state index contributed by atoms with van der Waals surface area (Å²) in [5.74, 6) is -0.0593. The highest BCUT2D eigenvalue weighted by atomic mass is 35.5. The second kappa shape index (κ2) is 12.1. The fraction of sp³-hybridized carbons (Fsp3) is 0.400. The Hall–Kier alpha value is -4.10. The van der Waals surface area contributed by atoms with E-state index in [4.69, 9.17) is 16.6 Å². The van der Waals surface area contributed by atoms with Crippen LogP contribution in [0.5, 0.6) is 0 Å². The molecule has 1 fully saturated rings. The number of aryl methyl sites for hydroxylation is 3. The maximum Gasteiger partial charge on any atom is 0.285 e. The molecule has 0 saturated carbocycles. The molecule has 1 aromatic carbocycles. The molecule has 0 spiro atoms. The Bertz CT molecular complexity index is 1940. The molecule has 232 valence electrons. The van der Waals surface area contributed by atoms with Crippen molar-refractivity contribution in [3.63, 3.8) is 0 Å². The van der Waals surface area contributed by atoms with E-state index in [-0.39, 0.29) is 28.0 Å². The zero-order chi connectivity index (χ0) is 31.9. The first-order valence-corrected chi connectivity index (χ1v) is 16.5. The van der Waals surface area contributed by atoms with Crippen molar-refractivity contribution >= 4 is 50.1 Å². The molecule has 1 aliphatic heterocycles. The maximum atomic E-state index is 13.7. The number of carbonyl (C=O) groups excluding carboxylic acids is 1. The Kier molecular flexibility index (Phi) is 8.63. The highest BCUT2D eigenvalue weighted by Crippen LogP contribution is 2.32. The zero-order valence-electron chi connectivity index (χ0n) is 25.5. The topological polar surface area (TPSA) is 152 Å². The highest BCUT2D eigenvalue weighted by molar-refractivity contribution is 7.89. The van der Waals surface area contributed by atoms with Gasteiger partial charge in [-0.15, -0.1) is 0 Å². The smallest absolute Gasteiger partial charge is 0.285 e. The first-order chi connectivity index (χ1) is 20.7. The van der Waals surface area contributed by atoms with Gasteiger partial charge in [0.2, 0.25) is 16.0 Å². The van der Waals surface area contributed by atoms with E-state index < -0.39 is 22.0 Å². The summed E-state index contributed by atoms with van der Waals surface area (Å²) in [4.78, 5) is 46.9. The SMILES string of the molecule is Cc1cc([C@@H](C)Nc2ccc(Cl)nc2C(=O)NS(C)(=O)=O)c2nc(N3CCC(c4ncc(C)nc4C)CC3)n(C)c(=O)c2c1. The van der Waals surface area contributed by atoms with Crippen LogP contribution < -0.4 is 20.5 Å².